The Bertz CT molecular complexity index is 736. The van der Waals surface area contributed by atoms with E-state index < -0.39 is 5.92 Å². The zero-order valence-corrected chi connectivity index (χ0v) is 14.7. The van der Waals surface area contributed by atoms with Crippen molar-refractivity contribution in [3.63, 3.8) is 0 Å². The molecule has 0 aliphatic carbocycles. The Kier molecular flexibility index (Phi) is 6.61. The fourth-order valence-electron chi connectivity index (χ4n) is 1.98. The lowest BCUT2D eigenvalue weighted by Gasteiger charge is -2.14. The van der Waals surface area contributed by atoms with Gasteiger partial charge in [0.1, 0.15) is 0 Å². The summed E-state index contributed by atoms with van der Waals surface area (Å²) >= 11 is 12.0. The van der Waals surface area contributed by atoms with E-state index in [9.17, 15) is 4.79 Å². The van der Waals surface area contributed by atoms with Crippen molar-refractivity contribution in [2.75, 3.05) is 12.4 Å². The first-order valence-electron chi connectivity index (χ1n) is 7.18. The number of amides is 1. The second-order valence-corrected chi connectivity index (χ2v) is 5.85. The van der Waals surface area contributed by atoms with Gasteiger partial charge in [-0.2, -0.15) is 0 Å². The molecule has 0 aliphatic rings. The van der Waals surface area contributed by atoms with Gasteiger partial charge in [-0.05, 0) is 37.3 Å². The van der Waals surface area contributed by atoms with E-state index in [1.807, 2.05) is 0 Å². The van der Waals surface area contributed by atoms with Crippen LogP contribution in [0.3, 0.4) is 0 Å². The number of nitrogens with zero attached hydrogens (tertiary/aromatic N) is 1. The zero-order chi connectivity index (χ0) is 17.5. The molecule has 1 amide bonds. The number of nitrogens with one attached hydrogen (secondary N) is 2. The van der Waals surface area contributed by atoms with Gasteiger partial charge in [0.05, 0.1) is 40.7 Å². The predicted molar refractivity (Wildman–Crippen MR) is 96.6 cm³/mol. The number of aromatic nitrogens is 1. The summed E-state index contributed by atoms with van der Waals surface area (Å²) in [6.07, 6.45) is 4.97. The third-order valence-corrected chi connectivity index (χ3v) is 3.94. The van der Waals surface area contributed by atoms with E-state index in [0.29, 0.717) is 21.4 Å². The van der Waals surface area contributed by atoms with Crippen molar-refractivity contribution in [2.45, 2.75) is 6.92 Å². The van der Waals surface area contributed by atoms with Crippen molar-refractivity contribution in [2.24, 2.45) is 5.92 Å². The molecule has 7 heteroatoms. The zero-order valence-electron chi connectivity index (χ0n) is 13.2. The van der Waals surface area contributed by atoms with Crippen LogP contribution in [0.1, 0.15) is 12.5 Å². The summed E-state index contributed by atoms with van der Waals surface area (Å²) in [6.45, 7) is 1.78. The van der Waals surface area contributed by atoms with Crippen LogP contribution in [0.25, 0.3) is 5.70 Å². The fraction of sp³-hybridized carbons (Fsp3) is 0.176. The number of anilines is 1. The highest BCUT2D eigenvalue weighted by Crippen LogP contribution is 2.26. The normalized spacial score (nSPS) is 12.6. The lowest BCUT2D eigenvalue weighted by atomic mass is 10.1. The third-order valence-electron chi connectivity index (χ3n) is 3.20. The monoisotopic (exact) mass is 365 g/mol. The molecule has 1 heterocycles. The molecule has 5 nitrogen and oxygen atoms in total. The summed E-state index contributed by atoms with van der Waals surface area (Å²) in [6, 6.07) is 8.70. The summed E-state index contributed by atoms with van der Waals surface area (Å²) < 4.78 is 0. The van der Waals surface area contributed by atoms with Gasteiger partial charge in [-0.3, -0.25) is 20.1 Å². The van der Waals surface area contributed by atoms with Gasteiger partial charge in [0.25, 0.3) is 0 Å². The van der Waals surface area contributed by atoms with Crippen LogP contribution in [-0.4, -0.2) is 18.0 Å². The van der Waals surface area contributed by atoms with E-state index in [2.05, 4.69) is 15.8 Å². The van der Waals surface area contributed by atoms with E-state index in [-0.39, 0.29) is 5.91 Å². The molecule has 2 N–H and O–H groups in total. The fourth-order valence-corrected chi connectivity index (χ4v) is 2.28. The van der Waals surface area contributed by atoms with Gasteiger partial charge in [0, 0.05) is 11.8 Å². The van der Waals surface area contributed by atoms with Gasteiger partial charge in [0.2, 0.25) is 5.91 Å². The van der Waals surface area contributed by atoms with E-state index in [1.54, 1.807) is 55.7 Å². The number of carbonyl (C=O) groups excluding carboxylic acids is 1. The smallest absolute Gasteiger partial charge is 0.231 e. The van der Waals surface area contributed by atoms with Crippen molar-refractivity contribution in [3.05, 3.63) is 64.4 Å². The van der Waals surface area contributed by atoms with Crippen LogP contribution >= 0.6 is 23.2 Å². The molecule has 2 rings (SSSR count). The van der Waals surface area contributed by atoms with Gasteiger partial charge in [-0.25, -0.2) is 0 Å². The summed E-state index contributed by atoms with van der Waals surface area (Å²) in [7, 11) is 1.49. The molecule has 0 saturated carbocycles. The Balaban J connectivity index is 2.19. The van der Waals surface area contributed by atoms with Gasteiger partial charge in [0.15, 0.2) is 0 Å². The SMILES string of the molecule is CONC(=CC(C)C(=O)Nc1cccnc1)c1ccc(Cl)c(Cl)c1. The first kappa shape index (κ1) is 18.3. The van der Waals surface area contributed by atoms with Crippen LogP contribution in [0.2, 0.25) is 10.0 Å². The first-order valence-corrected chi connectivity index (χ1v) is 7.94. The van der Waals surface area contributed by atoms with Crippen LogP contribution < -0.4 is 10.8 Å². The maximum absolute atomic E-state index is 12.3. The molecule has 2 aromatic rings. The van der Waals surface area contributed by atoms with Crippen molar-refractivity contribution < 1.29 is 9.63 Å². The highest BCUT2D eigenvalue weighted by molar-refractivity contribution is 6.42. The Morgan fingerprint density at radius 1 is 1.29 bits per heavy atom. The maximum atomic E-state index is 12.3. The number of benzene rings is 1. The molecule has 0 saturated heterocycles. The lowest BCUT2D eigenvalue weighted by Crippen LogP contribution is -2.21. The molecule has 24 heavy (non-hydrogen) atoms. The summed E-state index contributed by atoms with van der Waals surface area (Å²) in [4.78, 5) is 21.3. The first-order chi connectivity index (χ1) is 11.5. The molecular formula is C17H17Cl2N3O2. The van der Waals surface area contributed by atoms with Crippen molar-refractivity contribution >= 4 is 40.5 Å². The number of pyridine rings is 1. The molecule has 126 valence electrons. The molecule has 0 spiro atoms. The largest absolute Gasteiger partial charge is 0.324 e. The maximum Gasteiger partial charge on any atom is 0.231 e. The van der Waals surface area contributed by atoms with Crippen molar-refractivity contribution in [1.29, 1.82) is 0 Å². The molecule has 0 radical (unpaired) electrons. The molecule has 1 unspecified atom stereocenters. The van der Waals surface area contributed by atoms with Crippen molar-refractivity contribution in [3.8, 4) is 0 Å². The second kappa shape index (κ2) is 8.68. The number of rotatable bonds is 6. The number of halogens is 2. The number of carbonyl (C=O) groups is 1. The van der Waals surface area contributed by atoms with Gasteiger partial charge in [-0.1, -0.05) is 29.3 Å². The van der Waals surface area contributed by atoms with Crippen LogP contribution in [0.5, 0.6) is 0 Å². The molecule has 1 aromatic carbocycles. The summed E-state index contributed by atoms with van der Waals surface area (Å²) in [5.74, 6) is -0.587. The second-order valence-electron chi connectivity index (χ2n) is 5.04. The standard InChI is InChI=1S/C17H17Cl2N3O2/c1-11(17(23)21-13-4-3-7-20-10-13)8-16(22-24-2)12-5-6-14(18)15(19)9-12/h3-11,22H,1-2H3,(H,21,23). The van der Waals surface area contributed by atoms with E-state index >= 15 is 0 Å². The average Bonchev–Trinajstić information content (AvgIpc) is 2.57. The van der Waals surface area contributed by atoms with Crippen LogP contribution in [-0.2, 0) is 9.63 Å². The topological polar surface area (TPSA) is 63.2 Å². The molecule has 1 aromatic heterocycles. The molecule has 0 bridgehead atoms. The Morgan fingerprint density at radius 3 is 2.71 bits per heavy atom. The Morgan fingerprint density at radius 2 is 2.08 bits per heavy atom. The average molecular weight is 366 g/mol. The molecular weight excluding hydrogens is 349 g/mol. The summed E-state index contributed by atoms with van der Waals surface area (Å²) in [5, 5.41) is 3.68. The highest BCUT2D eigenvalue weighted by atomic mass is 35.5. The Hall–Kier alpha value is -2.08. The predicted octanol–water partition coefficient (Wildman–Crippen LogP) is 4.16. The summed E-state index contributed by atoms with van der Waals surface area (Å²) in [5.41, 5.74) is 4.77. The third kappa shape index (κ3) is 4.96. The highest BCUT2D eigenvalue weighted by Gasteiger charge is 2.13. The van der Waals surface area contributed by atoms with E-state index in [4.69, 9.17) is 28.0 Å². The molecule has 1 atom stereocenters. The Labute approximate surface area is 150 Å². The van der Waals surface area contributed by atoms with E-state index in [1.165, 1.54) is 7.11 Å². The quantitative estimate of drug-likeness (QED) is 0.754. The van der Waals surface area contributed by atoms with Crippen LogP contribution in [0, 0.1) is 5.92 Å². The number of hydrogen-bond donors (Lipinski definition) is 2. The van der Waals surface area contributed by atoms with E-state index in [0.717, 1.165) is 5.56 Å². The van der Waals surface area contributed by atoms with Crippen LogP contribution in [0.15, 0.2) is 48.8 Å². The number of hydroxylamine groups is 1. The minimum absolute atomic E-state index is 0.168. The minimum Gasteiger partial charge on any atom is -0.324 e. The lowest BCUT2D eigenvalue weighted by molar-refractivity contribution is -0.118. The van der Waals surface area contributed by atoms with Gasteiger partial charge < -0.3 is 5.32 Å². The van der Waals surface area contributed by atoms with Crippen molar-refractivity contribution in [1.82, 2.24) is 10.5 Å². The molecule has 0 fully saturated rings. The minimum atomic E-state index is -0.419. The van der Waals surface area contributed by atoms with Gasteiger partial charge in [-0.15, -0.1) is 0 Å². The number of hydrogen-bond acceptors (Lipinski definition) is 4. The molecule has 0 aliphatic heterocycles. The van der Waals surface area contributed by atoms with Crippen LogP contribution in [0.4, 0.5) is 5.69 Å². The van der Waals surface area contributed by atoms with Gasteiger partial charge >= 0.3 is 0 Å².